The van der Waals surface area contributed by atoms with Crippen molar-refractivity contribution in [2.24, 2.45) is 0 Å². The maximum Gasteiger partial charge on any atom is 0.252 e. The number of carbonyl (C=O) groups excluding carboxylic acids is 1. The van der Waals surface area contributed by atoms with Crippen LogP contribution in [-0.2, 0) is 6.54 Å². The van der Waals surface area contributed by atoms with Gasteiger partial charge in [-0.3, -0.25) is 9.89 Å². The number of hydrogen-bond acceptors (Lipinski definition) is 4. The van der Waals surface area contributed by atoms with Gasteiger partial charge in [-0.2, -0.15) is 5.10 Å². The number of benzene rings is 2. The molecule has 0 unspecified atom stereocenters. The third-order valence-electron chi connectivity index (χ3n) is 3.73. The summed E-state index contributed by atoms with van der Waals surface area (Å²) in [6.07, 6.45) is 0. The summed E-state index contributed by atoms with van der Waals surface area (Å²) in [5.74, 6) is 1.83. The number of aromatic nitrogens is 3. The summed E-state index contributed by atoms with van der Waals surface area (Å²) in [4.78, 5) is 16.8. The van der Waals surface area contributed by atoms with Gasteiger partial charge < -0.3 is 10.1 Å². The fraction of sp³-hybridized carbons (Fsp3) is 0.167. The average Bonchev–Trinajstić information content (AvgIpc) is 3.11. The van der Waals surface area contributed by atoms with Crippen LogP contribution in [0.5, 0.6) is 5.75 Å². The van der Waals surface area contributed by atoms with Gasteiger partial charge in [0.1, 0.15) is 11.6 Å². The van der Waals surface area contributed by atoms with E-state index in [9.17, 15) is 4.79 Å². The number of amides is 1. The Kier molecular flexibility index (Phi) is 5.32. The van der Waals surface area contributed by atoms with Crippen molar-refractivity contribution in [2.75, 3.05) is 7.11 Å². The molecule has 128 valence electrons. The van der Waals surface area contributed by atoms with E-state index >= 15 is 0 Å². The normalized spacial score (nSPS) is 10.5. The van der Waals surface area contributed by atoms with Crippen LogP contribution in [0.1, 0.15) is 21.7 Å². The number of carbonyl (C=O) groups is 1. The molecule has 1 heterocycles. The zero-order valence-corrected chi connectivity index (χ0v) is 16.0. The maximum absolute atomic E-state index is 12.3. The van der Waals surface area contributed by atoms with Gasteiger partial charge in [-0.15, -0.1) is 0 Å². The lowest BCUT2D eigenvalue weighted by Crippen LogP contribution is -2.24. The predicted molar refractivity (Wildman–Crippen MR) is 103 cm³/mol. The van der Waals surface area contributed by atoms with E-state index in [1.165, 1.54) is 0 Å². The Labute approximate surface area is 159 Å². The van der Waals surface area contributed by atoms with E-state index < -0.39 is 0 Å². The van der Waals surface area contributed by atoms with Crippen molar-refractivity contribution in [2.45, 2.75) is 13.5 Å². The first kappa shape index (κ1) is 17.4. The summed E-state index contributed by atoms with van der Waals surface area (Å²) in [5, 5.41) is 9.92. The first-order valence-electron chi connectivity index (χ1n) is 7.67. The number of hydrogen-bond donors (Lipinski definition) is 2. The quantitative estimate of drug-likeness (QED) is 0.587. The van der Waals surface area contributed by atoms with Crippen molar-refractivity contribution in [1.29, 1.82) is 0 Å². The molecule has 0 saturated heterocycles. The number of halogens is 1. The standard InChI is InChI=1S/C18H17IN4O2/c1-11-4-3-5-14(16(11)19)18(24)20-10-15-21-17(23-22-15)12-6-8-13(25-2)9-7-12/h3-9H,10H2,1-2H3,(H,20,24)(H,21,22,23). The third-order valence-corrected chi connectivity index (χ3v) is 5.16. The van der Waals surface area contributed by atoms with Gasteiger partial charge in [-0.1, -0.05) is 12.1 Å². The third kappa shape index (κ3) is 3.98. The van der Waals surface area contributed by atoms with Crippen LogP contribution in [0.3, 0.4) is 0 Å². The van der Waals surface area contributed by atoms with Gasteiger partial charge in [0, 0.05) is 9.13 Å². The summed E-state index contributed by atoms with van der Waals surface area (Å²) >= 11 is 2.19. The number of aromatic amines is 1. The lowest BCUT2D eigenvalue weighted by atomic mass is 10.1. The van der Waals surface area contributed by atoms with Gasteiger partial charge in [-0.05, 0) is 65.4 Å². The molecule has 0 radical (unpaired) electrons. The van der Waals surface area contributed by atoms with Crippen molar-refractivity contribution in [1.82, 2.24) is 20.5 Å². The zero-order valence-electron chi connectivity index (χ0n) is 13.8. The molecule has 7 heteroatoms. The highest BCUT2D eigenvalue weighted by atomic mass is 127. The molecule has 3 rings (SSSR count). The molecule has 0 saturated carbocycles. The van der Waals surface area contributed by atoms with Gasteiger partial charge in [0.2, 0.25) is 0 Å². The maximum atomic E-state index is 12.3. The minimum atomic E-state index is -0.129. The molecule has 1 aromatic heterocycles. The van der Waals surface area contributed by atoms with Gasteiger partial charge in [0.15, 0.2) is 5.82 Å². The minimum Gasteiger partial charge on any atom is -0.497 e. The minimum absolute atomic E-state index is 0.129. The largest absolute Gasteiger partial charge is 0.497 e. The van der Waals surface area contributed by atoms with Crippen LogP contribution in [0, 0.1) is 10.5 Å². The van der Waals surface area contributed by atoms with E-state index in [2.05, 4.69) is 43.1 Å². The molecular formula is C18H17IN4O2. The second kappa shape index (κ2) is 7.64. The Balaban J connectivity index is 1.67. The van der Waals surface area contributed by atoms with Crippen LogP contribution in [0.25, 0.3) is 11.4 Å². The van der Waals surface area contributed by atoms with Crippen LogP contribution >= 0.6 is 22.6 Å². The molecule has 0 bridgehead atoms. The fourth-order valence-corrected chi connectivity index (χ4v) is 2.93. The number of ether oxygens (including phenoxy) is 1. The van der Waals surface area contributed by atoms with Gasteiger partial charge in [0.25, 0.3) is 5.91 Å². The lowest BCUT2D eigenvalue weighted by Gasteiger charge is -2.07. The number of nitrogens with zero attached hydrogens (tertiary/aromatic N) is 2. The summed E-state index contributed by atoms with van der Waals surface area (Å²) < 4.78 is 6.09. The predicted octanol–water partition coefficient (Wildman–Crippen LogP) is 3.32. The summed E-state index contributed by atoms with van der Waals surface area (Å²) in [6, 6.07) is 13.2. The molecule has 0 aliphatic carbocycles. The second-order valence-corrected chi connectivity index (χ2v) is 6.53. The average molecular weight is 448 g/mol. The number of aryl methyl sites for hydroxylation is 1. The first-order chi connectivity index (χ1) is 12.1. The Morgan fingerprint density at radius 3 is 2.72 bits per heavy atom. The Bertz CT molecular complexity index is 890. The Hall–Kier alpha value is -2.42. The summed E-state index contributed by atoms with van der Waals surface area (Å²) in [5.41, 5.74) is 2.62. The van der Waals surface area contributed by atoms with Crippen molar-refractivity contribution >= 4 is 28.5 Å². The highest BCUT2D eigenvalue weighted by Crippen LogP contribution is 2.19. The number of methoxy groups -OCH3 is 1. The second-order valence-electron chi connectivity index (χ2n) is 5.45. The monoisotopic (exact) mass is 448 g/mol. The molecule has 0 aliphatic rings. The number of rotatable bonds is 5. The van der Waals surface area contributed by atoms with Crippen molar-refractivity contribution in [3.63, 3.8) is 0 Å². The number of nitrogens with one attached hydrogen (secondary N) is 2. The summed E-state index contributed by atoms with van der Waals surface area (Å²) in [6.45, 7) is 2.27. The van der Waals surface area contributed by atoms with Gasteiger partial charge in [-0.25, -0.2) is 4.98 Å². The van der Waals surface area contributed by atoms with Crippen LogP contribution in [0.2, 0.25) is 0 Å². The smallest absolute Gasteiger partial charge is 0.252 e. The van der Waals surface area contributed by atoms with Gasteiger partial charge in [0.05, 0.1) is 19.2 Å². The molecule has 0 aliphatic heterocycles. The molecule has 2 aromatic carbocycles. The molecule has 0 spiro atoms. The topological polar surface area (TPSA) is 79.9 Å². The molecule has 0 atom stereocenters. The highest BCUT2D eigenvalue weighted by molar-refractivity contribution is 14.1. The van der Waals surface area contributed by atoms with Crippen molar-refractivity contribution in [3.05, 3.63) is 63.0 Å². The Morgan fingerprint density at radius 1 is 1.24 bits per heavy atom. The van der Waals surface area contributed by atoms with Gasteiger partial charge >= 0.3 is 0 Å². The SMILES string of the molecule is COc1ccc(-c2n[nH]c(CNC(=O)c3cccc(C)c3I)n2)cc1. The molecule has 6 nitrogen and oxygen atoms in total. The van der Waals surface area contributed by atoms with E-state index in [1.54, 1.807) is 7.11 Å². The first-order valence-corrected chi connectivity index (χ1v) is 8.75. The fourth-order valence-electron chi connectivity index (χ4n) is 2.33. The van der Waals surface area contributed by atoms with E-state index in [4.69, 9.17) is 4.74 Å². The molecule has 0 fully saturated rings. The van der Waals surface area contributed by atoms with E-state index in [0.29, 0.717) is 17.2 Å². The van der Waals surface area contributed by atoms with Crippen LogP contribution in [0.4, 0.5) is 0 Å². The lowest BCUT2D eigenvalue weighted by molar-refractivity contribution is 0.0949. The van der Waals surface area contributed by atoms with Crippen LogP contribution in [0.15, 0.2) is 42.5 Å². The zero-order chi connectivity index (χ0) is 17.8. The van der Waals surface area contributed by atoms with Crippen LogP contribution in [-0.4, -0.2) is 28.2 Å². The number of H-pyrrole nitrogens is 1. The van der Waals surface area contributed by atoms with Crippen LogP contribution < -0.4 is 10.1 Å². The Morgan fingerprint density at radius 2 is 2.00 bits per heavy atom. The van der Waals surface area contributed by atoms with Crippen molar-refractivity contribution < 1.29 is 9.53 Å². The molecule has 2 N–H and O–H groups in total. The van der Waals surface area contributed by atoms with E-state index in [0.717, 1.165) is 20.4 Å². The van der Waals surface area contributed by atoms with Crippen molar-refractivity contribution in [3.8, 4) is 17.1 Å². The van der Waals surface area contributed by atoms with E-state index in [1.807, 2.05) is 49.4 Å². The molecular weight excluding hydrogens is 431 g/mol. The highest BCUT2D eigenvalue weighted by Gasteiger charge is 2.12. The molecule has 1 amide bonds. The molecule has 3 aromatic rings. The van der Waals surface area contributed by atoms with E-state index in [-0.39, 0.29) is 12.5 Å². The molecule has 25 heavy (non-hydrogen) atoms. The summed E-state index contributed by atoms with van der Waals surface area (Å²) in [7, 11) is 1.62.